The summed E-state index contributed by atoms with van der Waals surface area (Å²) >= 11 is 2.24. The molecule has 1 fully saturated rings. The minimum absolute atomic E-state index is 0.118. The maximum atomic E-state index is 12.9. The summed E-state index contributed by atoms with van der Waals surface area (Å²) in [6, 6.07) is -1.03. The fourth-order valence-corrected chi connectivity index (χ4v) is 4.98. The van der Waals surface area contributed by atoms with Crippen molar-refractivity contribution < 1.29 is 38.7 Å². The number of aromatic nitrogens is 1. The first-order chi connectivity index (χ1) is 15.8. The van der Waals surface area contributed by atoms with Crippen LogP contribution in [0.4, 0.5) is 9.93 Å². The molecule has 2 aliphatic heterocycles. The molecular weight excluding hydrogens is 480 g/mol. The van der Waals surface area contributed by atoms with Gasteiger partial charge in [0.25, 0.3) is 11.8 Å². The highest BCUT2D eigenvalue weighted by atomic mass is 32.2. The number of ether oxygens (including phenoxy) is 1. The van der Waals surface area contributed by atoms with Gasteiger partial charge in [0, 0.05) is 16.7 Å². The van der Waals surface area contributed by atoms with E-state index >= 15 is 0 Å². The normalized spacial score (nSPS) is 19.8. The number of nitrogens with two attached hydrogens (primary N) is 1. The van der Waals surface area contributed by atoms with Crippen LogP contribution in [0.3, 0.4) is 0 Å². The van der Waals surface area contributed by atoms with Gasteiger partial charge in [-0.1, -0.05) is 5.16 Å². The van der Waals surface area contributed by atoms with E-state index in [0.717, 1.165) is 16.2 Å². The minimum atomic E-state index is -1.38. The van der Waals surface area contributed by atoms with Gasteiger partial charge in [-0.05, 0) is 6.92 Å². The van der Waals surface area contributed by atoms with Gasteiger partial charge < -0.3 is 31.0 Å². The minimum Gasteiger partial charge on any atom is -0.477 e. The summed E-state index contributed by atoms with van der Waals surface area (Å²) in [4.78, 5) is 68.9. The number of carbonyl (C=O) groups excluding carboxylic acids is 4. The molecule has 0 radical (unpaired) electrons. The second-order valence-corrected chi connectivity index (χ2v) is 8.35. The third-order valence-electron chi connectivity index (χ3n) is 4.35. The van der Waals surface area contributed by atoms with Crippen LogP contribution in [-0.2, 0) is 28.8 Å². The number of thioether (sulfide) groups is 1. The van der Waals surface area contributed by atoms with E-state index in [1.165, 1.54) is 17.1 Å². The molecule has 1 aromatic heterocycles. The summed E-state index contributed by atoms with van der Waals surface area (Å²) in [6.45, 7) is 1.45. The largest absolute Gasteiger partial charge is 0.477 e. The number of oxime groups is 1. The van der Waals surface area contributed by atoms with Crippen LogP contribution < -0.4 is 16.4 Å². The van der Waals surface area contributed by atoms with Crippen molar-refractivity contribution in [3.05, 3.63) is 22.3 Å². The Morgan fingerprint density at radius 1 is 1.45 bits per heavy atom. The van der Waals surface area contributed by atoms with E-state index in [1.807, 2.05) is 0 Å². The van der Waals surface area contributed by atoms with E-state index in [9.17, 15) is 29.1 Å². The zero-order valence-corrected chi connectivity index (χ0v) is 18.6. The molecule has 0 aromatic carbocycles. The first kappa shape index (κ1) is 24.0. The molecule has 2 atom stereocenters. The molecule has 3 heterocycles. The van der Waals surface area contributed by atoms with Crippen LogP contribution in [0, 0.1) is 0 Å². The van der Waals surface area contributed by atoms with E-state index in [-0.39, 0.29) is 46.8 Å². The molecule has 3 rings (SSSR count). The number of nitrogens with one attached hydrogen (secondary N) is 2. The van der Waals surface area contributed by atoms with Crippen molar-refractivity contribution in [2.24, 2.45) is 10.9 Å². The molecule has 0 aliphatic carbocycles. The predicted octanol–water partition coefficient (Wildman–Crippen LogP) is -0.714. The Balaban J connectivity index is 1.77. The predicted molar refractivity (Wildman–Crippen MR) is 115 cm³/mol. The number of anilines is 1. The molecule has 0 bridgehead atoms. The van der Waals surface area contributed by atoms with Gasteiger partial charge in [0.15, 0.2) is 10.8 Å². The Labute approximate surface area is 194 Å². The van der Waals surface area contributed by atoms with Gasteiger partial charge in [-0.25, -0.2) is 14.6 Å². The van der Waals surface area contributed by atoms with Crippen LogP contribution >= 0.6 is 23.1 Å². The van der Waals surface area contributed by atoms with Gasteiger partial charge in [0.1, 0.15) is 36.0 Å². The number of hydrogen-bond acceptors (Lipinski definition) is 11. The van der Waals surface area contributed by atoms with Crippen LogP contribution in [0.5, 0.6) is 0 Å². The fourth-order valence-electron chi connectivity index (χ4n) is 3.00. The summed E-state index contributed by atoms with van der Waals surface area (Å²) in [5, 5.41) is 19.2. The van der Waals surface area contributed by atoms with Crippen molar-refractivity contribution in [2.75, 3.05) is 24.3 Å². The lowest BCUT2D eigenvalue weighted by molar-refractivity contribution is -0.150. The molecule has 4 amide bonds. The molecular formula is C17H18N6O8S2. The van der Waals surface area contributed by atoms with Crippen molar-refractivity contribution >= 4 is 64.2 Å². The molecule has 176 valence electrons. The summed E-state index contributed by atoms with van der Waals surface area (Å²) < 4.78 is 4.67. The maximum Gasteiger partial charge on any atom is 0.404 e. The second-order valence-electron chi connectivity index (χ2n) is 6.38. The zero-order valence-electron chi connectivity index (χ0n) is 17.0. The third kappa shape index (κ3) is 5.06. The number of aliphatic carboxylic acids is 1. The number of amides is 4. The van der Waals surface area contributed by atoms with E-state index < -0.39 is 35.3 Å². The Morgan fingerprint density at radius 3 is 2.85 bits per heavy atom. The monoisotopic (exact) mass is 498 g/mol. The highest BCUT2D eigenvalue weighted by Crippen LogP contribution is 2.40. The van der Waals surface area contributed by atoms with E-state index in [0.29, 0.717) is 6.41 Å². The van der Waals surface area contributed by atoms with Crippen LogP contribution in [0.25, 0.3) is 0 Å². The Hall–Kier alpha value is -3.66. The molecule has 1 aromatic rings. The Bertz CT molecular complexity index is 1050. The summed E-state index contributed by atoms with van der Waals surface area (Å²) in [6.07, 6.45) is -0.644. The number of nitrogens with zero attached hydrogens (tertiary/aromatic N) is 3. The van der Waals surface area contributed by atoms with Gasteiger partial charge in [0.05, 0.1) is 0 Å². The molecule has 1 unspecified atom stereocenters. The average Bonchev–Trinajstić information content (AvgIpc) is 3.23. The SMILES string of the molecule is CCO/N=C(\C(=O)NC1C(=O)N2C(C(=O)O)=C(COC(N)=O)CS[C@H]12)c1csc(NC=O)n1. The highest BCUT2D eigenvalue weighted by molar-refractivity contribution is 8.00. The van der Waals surface area contributed by atoms with Gasteiger partial charge in [-0.2, -0.15) is 0 Å². The van der Waals surface area contributed by atoms with Gasteiger partial charge in [0.2, 0.25) is 6.41 Å². The van der Waals surface area contributed by atoms with Crippen molar-refractivity contribution in [1.82, 2.24) is 15.2 Å². The quantitative estimate of drug-likeness (QED) is 0.138. The number of carbonyl (C=O) groups is 5. The lowest BCUT2D eigenvalue weighted by Gasteiger charge is -2.49. The van der Waals surface area contributed by atoms with Crippen molar-refractivity contribution in [2.45, 2.75) is 18.3 Å². The lowest BCUT2D eigenvalue weighted by atomic mass is 10.0. The molecule has 1 saturated heterocycles. The zero-order chi connectivity index (χ0) is 24.1. The van der Waals surface area contributed by atoms with E-state index in [1.54, 1.807) is 6.92 Å². The average molecular weight is 498 g/mol. The molecule has 0 spiro atoms. The summed E-state index contributed by atoms with van der Waals surface area (Å²) in [7, 11) is 0. The molecule has 5 N–H and O–H groups in total. The molecule has 14 nitrogen and oxygen atoms in total. The van der Waals surface area contributed by atoms with E-state index in [4.69, 9.17) is 10.6 Å². The highest BCUT2D eigenvalue weighted by Gasteiger charge is 2.54. The van der Waals surface area contributed by atoms with Crippen LogP contribution in [0.15, 0.2) is 21.8 Å². The second kappa shape index (κ2) is 10.3. The van der Waals surface area contributed by atoms with Gasteiger partial charge in [-0.15, -0.1) is 23.1 Å². The lowest BCUT2D eigenvalue weighted by Crippen LogP contribution is -2.71. The smallest absolute Gasteiger partial charge is 0.404 e. The van der Waals surface area contributed by atoms with Gasteiger partial charge in [-0.3, -0.25) is 19.3 Å². The van der Waals surface area contributed by atoms with Gasteiger partial charge >= 0.3 is 12.1 Å². The van der Waals surface area contributed by atoms with Crippen molar-refractivity contribution in [3.63, 3.8) is 0 Å². The third-order valence-corrected chi connectivity index (χ3v) is 6.47. The fraction of sp³-hybridized carbons (Fsp3) is 0.353. The molecule has 16 heteroatoms. The topological polar surface area (TPSA) is 203 Å². The number of β-lactam (4-membered cyclic amide) rings is 1. The van der Waals surface area contributed by atoms with Crippen LogP contribution in [-0.4, -0.2) is 81.4 Å². The Kier molecular flexibility index (Phi) is 7.49. The first-order valence-corrected chi connectivity index (χ1v) is 11.2. The standard InChI is InChI=1S/C17H18N6O8S2/c1-2-31-22-9(8-5-33-17(20-8)19-6-24)12(25)21-10-13(26)23-11(15(27)28)7(3-30-16(18)29)4-32-14(10)23/h5-6,10,14H,2-4H2,1H3,(H2,18,29)(H,21,25)(H,27,28)(H,19,20,24)/b22-9-/t10?,14-/m1/s1. The molecule has 33 heavy (non-hydrogen) atoms. The maximum absolute atomic E-state index is 12.9. The number of rotatable bonds is 10. The van der Waals surface area contributed by atoms with Crippen molar-refractivity contribution in [3.8, 4) is 0 Å². The Morgan fingerprint density at radius 2 is 2.21 bits per heavy atom. The summed E-state index contributed by atoms with van der Waals surface area (Å²) in [5.74, 6) is -2.67. The number of primary amides is 1. The first-order valence-electron chi connectivity index (χ1n) is 9.27. The number of hydrogen-bond donors (Lipinski definition) is 4. The van der Waals surface area contributed by atoms with Crippen LogP contribution in [0.1, 0.15) is 12.6 Å². The van der Waals surface area contributed by atoms with E-state index in [2.05, 4.69) is 25.5 Å². The molecule has 0 saturated carbocycles. The number of thiazole rings is 1. The van der Waals surface area contributed by atoms with Crippen LogP contribution in [0.2, 0.25) is 0 Å². The number of carboxylic acid groups (broad SMARTS) is 1. The number of carboxylic acids is 1. The summed E-state index contributed by atoms with van der Waals surface area (Å²) in [5.41, 5.74) is 4.72. The molecule has 2 aliphatic rings. The van der Waals surface area contributed by atoms with Crippen molar-refractivity contribution in [1.29, 1.82) is 0 Å². The number of fused-ring (bicyclic) bond motifs is 1.